The average molecular weight is 432 g/mol. The number of hydrogen-bond acceptors (Lipinski definition) is 5. The summed E-state index contributed by atoms with van der Waals surface area (Å²) < 4.78 is 33.3. The summed E-state index contributed by atoms with van der Waals surface area (Å²) in [6, 6.07) is 7.97. The summed E-state index contributed by atoms with van der Waals surface area (Å²) in [7, 11) is -0.410. The molecule has 2 unspecified atom stereocenters. The van der Waals surface area contributed by atoms with Crippen LogP contribution in [0.5, 0.6) is 0 Å². The number of rotatable bonds is 2. The quantitative estimate of drug-likeness (QED) is 0.671. The first-order chi connectivity index (χ1) is 14.2. The second kappa shape index (κ2) is 7.10. The lowest BCUT2D eigenvalue weighted by molar-refractivity contribution is 0.00578. The van der Waals surface area contributed by atoms with E-state index in [9.17, 15) is 4.79 Å². The fraction of sp³-hybridized carbons (Fsp3) is 0.696. The Morgan fingerprint density at radius 3 is 2.16 bits per heavy atom. The van der Waals surface area contributed by atoms with Crippen molar-refractivity contribution in [1.82, 2.24) is 4.90 Å². The monoisotopic (exact) mass is 432 g/mol. The van der Waals surface area contributed by atoms with Gasteiger partial charge >= 0.3 is 13.2 Å². The maximum atomic E-state index is 15.6. The van der Waals surface area contributed by atoms with E-state index in [-0.39, 0.29) is 30.2 Å². The molecule has 2 atom stereocenters. The van der Waals surface area contributed by atoms with Crippen LogP contribution in [-0.4, -0.2) is 66.8 Å². The minimum Gasteiger partial charge on any atom is -0.444 e. The van der Waals surface area contributed by atoms with Gasteiger partial charge in [0.1, 0.15) is 5.60 Å². The molecule has 1 amide bonds. The number of nitrogens with zero attached hydrogens (tertiary/aromatic N) is 2. The third-order valence-corrected chi connectivity index (χ3v) is 6.96. The fourth-order valence-corrected chi connectivity index (χ4v) is 4.47. The van der Waals surface area contributed by atoms with Crippen LogP contribution in [0.2, 0.25) is 0 Å². The molecule has 31 heavy (non-hydrogen) atoms. The minimum atomic E-state index is -1.42. The lowest BCUT2D eigenvalue weighted by Crippen LogP contribution is -2.41. The Hall–Kier alpha value is -1.80. The van der Waals surface area contributed by atoms with E-state index >= 15 is 4.39 Å². The molecular weight excluding hydrogens is 398 g/mol. The Morgan fingerprint density at radius 1 is 1.06 bits per heavy atom. The Bertz CT molecular complexity index is 838. The molecule has 8 heteroatoms. The van der Waals surface area contributed by atoms with Crippen LogP contribution in [0.15, 0.2) is 24.3 Å². The Labute approximate surface area is 185 Å². The van der Waals surface area contributed by atoms with Gasteiger partial charge in [0, 0.05) is 24.7 Å². The van der Waals surface area contributed by atoms with E-state index in [4.69, 9.17) is 14.0 Å². The van der Waals surface area contributed by atoms with Crippen LogP contribution in [0, 0.1) is 5.92 Å². The number of carbonyl (C=O) groups is 1. The zero-order chi connectivity index (χ0) is 22.8. The molecule has 1 aromatic carbocycles. The van der Waals surface area contributed by atoms with Gasteiger partial charge in [0.2, 0.25) is 0 Å². The van der Waals surface area contributed by atoms with Gasteiger partial charge in [-0.15, -0.1) is 0 Å². The summed E-state index contributed by atoms with van der Waals surface area (Å²) in [5, 5.41) is 0. The summed E-state index contributed by atoms with van der Waals surface area (Å²) in [6.07, 6.45) is -0.433. The highest BCUT2D eigenvalue weighted by Gasteiger charge is 2.55. The van der Waals surface area contributed by atoms with E-state index in [0.717, 1.165) is 11.2 Å². The molecule has 4 rings (SSSR count). The molecular formula is C23H34BFN2O4. The van der Waals surface area contributed by atoms with Crippen molar-refractivity contribution in [1.29, 1.82) is 0 Å². The number of benzene rings is 1. The van der Waals surface area contributed by atoms with Gasteiger partial charge in [0.05, 0.1) is 24.3 Å². The second-order valence-corrected chi connectivity index (χ2v) is 11.2. The number of alkyl halides is 1. The van der Waals surface area contributed by atoms with E-state index in [1.54, 1.807) is 0 Å². The smallest absolute Gasteiger partial charge is 0.444 e. The van der Waals surface area contributed by atoms with Crippen molar-refractivity contribution in [2.24, 2.45) is 5.92 Å². The number of halogens is 1. The number of amides is 1. The maximum absolute atomic E-state index is 15.6. The van der Waals surface area contributed by atoms with Crippen LogP contribution in [-0.2, 0) is 14.0 Å². The van der Waals surface area contributed by atoms with Crippen molar-refractivity contribution in [3.8, 4) is 0 Å². The molecule has 0 aromatic heterocycles. The second-order valence-electron chi connectivity index (χ2n) is 11.2. The average Bonchev–Trinajstić information content (AvgIpc) is 3.18. The summed E-state index contributed by atoms with van der Waals surface area (Å²) in [4.78, 5) is 15.9. The Morgan fingerprint density at radius 2 is 1.65 bits per heavy atom. The van der Waals surface area contributed by atoms with Crippen molar-refractivity contribution < 1.29 is 23.2 Å². The van der Waals surface area contributed by atoms with Gasteiger partial charge < -0.3 is 23.8 Å². The van der Waals surface area contributed by atoms with Gasteiger partial charge in [-0.05, 0) is 66.1 Å². The number of likely N-dealkylation sites (tertiary alicyclic amines) is 1. The highest BCUT2D eigenvalue weighted by molar-refractivity contribution is 6.62. The van der Waals surface area contributed by atoms with E-state index in [0.29, 0.717) is 13.1 Å². The normalized spacial score (nSPS) is 29.4. The SMILES string of the molecule is CC(C)(C)OC(=O)N1CC2CN(c3ccc(B4OC(C)(C)C(C)(C)O4)cc3)CC2(F)C1. The lowest BCUT2D eigenvalue weighted by Gasteiger charge is -2.32. The molecule has 3 aliphatic rings. The largest absolute Gasteiger partial charge is 0.494 e. The van der Waals surface area contributed by atoms with Crippen molar-refractivity contribution in [3.05, 3.63) is 24.3 Å². The molecule has 0 N–H and O–H groups in total. The molecule has 3 aliphatic heterocycles. The van der Waals surface area contributed by atoms with E-state index in [1.165, 1.54) is 4.90 Å². The molecule has 170 valence electrons. The predicted molar refractivity (Wildman–Crippen MR) is 120 cm³/mol. The molecule has 0 spiro atoms. The predicted octanol–water partition coefficient (Wildman–Crippen LogP) is 3.38. The topological polar surface area (TPSA) is 51.2 Å². The van der Waals surface area contributed by atoms with E-state index < -0.39 is 24.5 Å². The first-order valence-electron chi connectivity index (χ1n) is 11.1. The van der Waals surface area contributed by atoms with Crippen LogP contribution >= 0.6 is 0 Å². The fourth-order valence-electron chi connectivity index (χ4n) is 4.47. The van der Waals surface area contributed by atoms with Crippen LogP contribution < -0.4 is 10.4 Å². The third-order valence-electron chi connectivity index (χ3n) is 6.96. The number of fused-ring (bicyclic) bond motifs is 1. The molecule has 0 radical (unpaired) electrons. The van der Waals surface area contributed by atoms with Crippen LogP contribution in [0.25, 0.3) is 0 Å². The molecule has 3 fully saturated rings. The first-order valence-corrected chi connectivity index (χ1v) is 11.1. The van der Waals surface area contributed by atoms with Gasteiger partial charge in [0.25, 0.3) is 0 Å². The molecule has 1 aromatic rings. The van der Waals surface area contributed by atoms with E-state index in [2.05, 4.69) is 4.90 Å². The van der Waals surface area contributed by atoms with Crippen molar-refractivity contribution in [3.63, 3.8) is 0 Å². The summed E-state index contributed by atoms with van der Waals surface area (Å²) >= 11 is 0. The van der Waals surface area contributed by atoms with Crippen molar-refractivity contribution in [2.45, 2.75) is 70.9 Å². The molecule has 0 aliphatic carbocycles. The maximum Gasteiger partial charge on any atom is 0.494 e. The first kappa shape index (κ1) is 22.4. The minimum absolute atomic E-state index is 0.0785. The number of hydrogen-bond donors (Lipinski definition) is 0. The zero-order valence-corrected chi connectivity index (χ0v) is 19.7. The third kappa shape index (κ3) is 4.16. The number of anilines is 1. The van der Waals surface area contributed by atoms with Gasteiger partial charge in [-0.2, -0.15) is 0 Å². The van der Waals surface area contributed by atoms with Crippen molar-refractivity contribution in [2.75, 3.05) is 31.1 Å². The zero-order valence-electron chi connectivity index (χ0n) is 19.7. The standard InChI is InChI=1S/C23H34BFN2O4/c1-20(2,3)29-19(28)27-13-16-12-26(14-23(16,25)15-27)18-10-8-17(9-11-18)24-30-21(4,5)22(6,7)31-24/h8-11,16H,12-15H2,1-7H3. The molecule has 3 saturated heterocycles. The van der Waals surface area contributed by atoms with Crippen LogP contribution in [0.1, 0.15) is 48.5 Å². The highest BCUT2D eigenvalue weighted by Crippen LogP contribution is 2.41. The van der Waals surface area contributed by atoms with Gasteiger partial charge in [-0.1, -0.05) is 12.1 Å². The summed E-state index contributed by atoms with van der Waals surface area (Å²) in [6.45, 7) is 14.9. The van der Waals surface area contributed by atoms with Crippen LogP contribution in [0.3, 0.4) is 0 Å². The van der Waals surface area contributed by atoms with Gasteiger partial charge in [-0.3, -0.25) is 0 Å². The summed E-state index contributed by atoms with van der Waals surface area (Å²) in [5.74, 6) is -0.220. The van der Waals surface area contributed by atoms with Crippen LogP contribution in [0.4, 0.5) is 14.9 Å². The Kier molecular flexibility index (Phi) is 5.13. The molecule has 0 saturated carbocycles. The molecule has 0 bridgehead atoms. The van der Waals surface area contributed by atoms with Gasteiger partial charge in [-0.25, -0.2) is 9.18 Å². The Balaban J connectivity index is 1.39. The van der Waals surface area contributed by atoms with Crippen molar-refractivity contribution >= 4 is 24.4 Å². The lowest BCUT2D eigenvalue weighted by atomic mass is 9.79. The molecule has 6 nitrogen and oxygen atoms in total. The summed E-state index contributed by atoms with van der Waals surface area (Å²) in [5.41, 5.74) is -0.847. The van der Waals surface area contributed by atoms with Gasteiger partial charge in [0.15, 0.2) is 5.67 Å². The molecule has 3 heterocycles. The number of ether oxygens (including phenoxy) is 1. The number of carbonyl (C=O) groups excluding carboxylic acids is 1. The highest BCUT2D eigenvalue weighted by atomic mass is 19.1. The van der Waals surface area contributed by atoms with E-state index in [1.807, 2.05) is 72.7 Å².